The smallest absolute Gasteiger partial charge is 0.306 e. The molecular formula is C22H42N4O2. The maximum Gasteiger partial charge on any atom is 0.306 e. The van der Waals surface area contributed by atoms with Gasteiger partial charge < -0.3 is 20.3 Å². The highest BCUT2D eigenvalue weighted by molar-refractivity contribution is 5.80. The van der Waals surface area contributed by atoms with Crippen LogP contribution in [0.4, 0.5) is 0 Å². The van der Waals surface area contributed by atoms with Gasteiger partial charge in [0.1, 0.15) is 5.60 Å². The van der Waals surface area contributed by atoms with Gasteiger partial charge in [0.05, 0.1) is 0 Å². The SMILES string of the molecule is CCNC(=NCCCCCCC(=O)OC(C)(C)C)NC1CCN(C2CC2)CC1. The van der Waals surface area contributed by atoms with Crippen molar-refractivity contribution in [3.05, 3.63) is 0 Å². The van der Waals surface area contributed by atoms with Crippen molar-refractivity contribution in [2.75, 3.05) is 26.2 Å². The Morgan fingerprint density at radius 2 is 1.75 bits per heavy atom. The zero-order chi connectivity index (χ0) is 20.4. The summed E-state index contributed by atoms with van der Waals surface area (Å²) < 4.78 is 5.34. The van der Waals surface area contributed by atoms with Gasteiger partial charge in [0, 0.05) is 44.7 Å². The zero-order valence-corrected chi connectivity index (χ0v) is 18.6. The molecule has 2 aliphatic rings. The predicted octanol–water partition coefficient (Wildman–Crippen LogP) is 3.46. The number of unbranched alkanes of at least 4 members (excludes halogenated alkanes) is 3. The van der Waals surface area contributed by atoms with E-state index in [1.807, 2.05) is 20.8 Å². The number of hydrogen-bond donors (Lipinski definition) is 2. The number of esters is 1. The summed E-state index contributed by atoms with van der Waals surface area (Å²) in [5.74, 6) is 0.873. The summed E-state index contributed by atoms with van der Waals surface area (Å²) in [5, 5.41) is 7.01. The summed E-state index contributed by atoms with van der Waals surface area (Å²) in [6.45, 7) is 12.0. The summed E-state index contributed by atoms with van der Waals surface area (Å²) in [6, 6.07) is 1.43. The molecule has 0 radical (unpaired) electrons. The Labute approximate surface area is 171 Å². The summed E-state index contributed by atoms with van der Waals surface area (Å²) >= 11 is 0. The van der Waals surface area contributed by atoms with Crippen molar-refractivity contribution in [3.63, 3.8) is 0 Å². The van der Waals surface area contributed by atoms with Crippen molar-refractivity contribution in [2.45, 2.75) is 103 Å². The molecule has 1 saturated heterocycles. The Morgan fingerprint density at radius 3 is 2.36 bits per heavy atom. The number of guanidine groups is 1. The lowest BCUT2D eigenvalue weighted by Crippen LogP contribution is -2.49. The molecule has 6 nitrogen and oxygen atoms in total. The Balaban J connectivity index is 1.56. The molecule has 0 aromatic carbocycles. The number of ether oxygens (including phenoxy) is 1. The highest BCUT2D eigenvalue weighted by Crippen LogP contribution is 2.29. The van der Waals surface area contributed by atoms with Gasteiger partial charge >= 0.3 is 5.97 Å². The second kappa shape index (κ2) is 11.6. The zero-order valence-electron chi connectivity index (χ0n) is 18.6. The molecule has 0 bridgehead atoms. The number of aliphatic imine (C=N–C) groups is 1. The number of likely N-dealkylation sites (tertiary alicyclic amines) is 1. The Morgan fingerprint density at radius 1 is 1.07 bits per heavy atom. The average Bonchev–Trinajstić information content (AvgIpc) is 3.45. The van der Waals surface area contributed by atoms with Crippen molar-refractivity contribution in [1.82, 2.24) is 15.5 Å². The summed E-state index contributed by atoms with van der Waals surface area (Å²) in [7, 11) is 0. The van der Waals surface area contributed by atoms with Crippen LogP contribution < -0.4 is 10.6 Å². The number of carbonyl (C=O) groups is 1. The van der Waals surface area contributed by atoms with Gasteiger partial charge in [-0.1, -0.05) is 12.8 Å². The van der Waals surface area contributed by atoms with Gasteiger partial charge in [0.25, 0.3) is 0 Å². The highest BCUT2D eigenvalue weighted by Gasteiger charge is 2.31. The van der Waals surface area contributed by atoms with Gasteiger partial charge in [0.15, 0.2) is 5.96 Å². The minimum atomic E-state index is -0.379. The maximum atomic E-state index is 11.7. The molecule has 1 heterocycles. The molecule has 2 fully saturated rings. The predicted molar refractivity (Wildman–Crippen MR) is 116 cm³/mol. The number of carbonyl (C=O) groups excluding carboxylic acids is 1. The van der Waals surface area contributed by atoms with Crippen LogP contribution in [0.2, 0.25) is 0 Å². The quantitative estimate of drug-likeness (QED) is 0.257. The first kappa shape index (κ1) is 23.0. The molecule has 0 unspecified atom stereocenters. The van der Waals surface area contributed by atoms with Crippen LogP contribution in [-0.4, -0.2) is 60.7 Å². The largest absolute Gasteiger partial charge is 0.460 e. The number of rotatable bonds is 10. The number of nitrogens with one attached hydrogen (secondary N) is 2. The van der Waals surface area contributed by atoms with Crippen LogP contribution in [0.15, 0.2) is 4.99 Å². The van der Waals surface area contributed by atoms with Crippen molar-refractivity contribution < 1.29 is 9.53 Å². The number of nitrogens with zero attached hydrogens (tertiary/aromatic N) is 2. The van der Waals surface area contributed by atoms with E-state index in [0.29, 0.717) is 12.5 Å². The Hall–Kier alpha value is -1.30. The molecule has 1 aliphatic carbocycles. The van der Waals surface area contributed by atoms with Crippen LogP contribution in [-0.2, 0) is 9.53 Å². The molecular weight excluding hydrogens is 352 g/mol. The molecule has 162 valence electrons. The topological polar surface area (TPSA) is 66.0 Å². The fourth-order valence-corrected chi connectivity index (χ4v) is 3.68. The molecule has 6 heteroatoms. The fraction of sp³-hybridized carbons (Fsp3) is 0.909. The van der Waals surface area contributed by atoms with Crippen molar-refractivity contribution in [2.24, 2.45) is 4.99 Å². The van der Waals surface area contributed by atoms with Gasteiger partial charge in [0.2, 0.25) is 0 Å². The standard InChI is InChI=1S/C22H42N4O2/c1-5-23-21(25-18-13-16-26(17-14-18)19-11-12-19)24-15-9-7-6-8-10-20(27)28-22(2,3)4/h18-19H,5-17H2,1-4H3,(H2,23,24,25). The summed E-state index contributed by atoms with van der Waals surface area (Å²) in [4.78, 5) is 19.1. The van der Waals surface area contributed by atoms with Gasteiger partial charge in [-0.05, 0) is 66.2 Å². The van der Waals surface area contributed by atoms with E-state index in [0.717, 1.165) is 50.8 Å². The molecule has 0 aromatic heterocycles. The van der Waals surface area contributed by atoms with Gasteiger partial charge in [-0.15, -0.1) is 0 Å². The number of piperidine rings is 1. The molecule has 0 aromatic rings. The third-order valence-corrected chi connectivity index (χ3v) is 5.26. The van der Waals surface area contributed by atoms with E-state index in [1.165, 1.54) is 38.8 Å². The van der Waals surface area contributed by atoms with Crippen LogP contribution in [0.1, 0.15) is 85.5 Å². The van der Waals surface area contributed by atoms with Crippen LogP contribution in [0.25, 0.3) is 0 Å². The van der Waals surface area contributed by atoms with Crippen molar-refractivity contribution in [1.29, 1.82) is 0 Å². The van der Waals surface area contributed by atoms with Crippen LogP contribution in [0, 0.1) is 0 Å². The van der Waals surface area contributed by atoms with Crippen LogP contribution in [0.3, 0.4) is 0 Å². The Kier molecular flexibility index (Phi) is 9.56. The van der Waals surface area contributed by atoms with E-state index >= 15 is 0 Å². The van der Waals surface area contributed by atoms with Crippen LogP contribution >= 0.6 is 0 Å². The molecule has 1 saturated carbocycles. The second-order valence-corrected chi connectivity index (χ2v) is 9.20. The molecule has 0 amide bonds. The highest BCUT2D eigenvalue weighted by atomic mass is 16.6. The maximum absolute atomic E-state index is 11.7. The summed E-state index contributed by atoms with van der Waals surface area (Å²) in [5.41, 5.74) is -0.379. The van der Waals surface area contributed by atoms with Crippen molar-refractivity contribution >= 4 is 11.9 Å². The fourth-order valence-electron chi connectivity index (χ4n) is 3.68. The van der Waals surface area contributed by atoms with E-state index in [2.05, 4.69) is 22.5 Å². The normalized spacial score (nSPS) is 19.5. The van der Waals surface area contributed by atoms with Gasteiger partial charge in [-0.25, -0.2) is 0 Å². The first-order valence-corrected chi connectivity index (χ1v) is 11.4. The second-order valence-electron chi connectivity index (χ2n) is 9.20. The van der Waals surface area contributed by atoms with E-state index in [-0.39, 0.29) is 11.6 Å². The minimum Gasteiger partial charge on any atom is -0.460 e. The first-order valence-electron chi connectivity index (χ1n) is 11.4. The van der Waals surface area contributed by atoms with Gasteiger partial charge in [-0.2, -0.15) is 0 Å². The lowest BCUT2D eigenvalue weighted by Gasteiger charge is -2.33. The lowest BCUT2D eigenvalue weighted by molar-refractivity contribution is -0.154. The van der Waals surface area contributed by atoms with Crippen molar-refractivity contribution in [3.8, 4) is 0 Å². The third kappa shape index (κ3) is 9.76. The molecule has 2 N–H and O–H groups in total. The molecule has 2 rings (SSSR count). The average molecular weight is 395 g/mol. The molecule has 0 spiro atoms. The molecule has 1 aliphatic heterocycles. The summed E-state index contributed by atoms with van der Waals surface area (Å²) in [6.07, 6.45) is 9.87. The van der Waals surface area contributed by atoms with E-state index in [1.54, 1.807) is 0 Å². The van der Waals surface area contributed by atoms with E-state index in [9.17, 15) is 4.79 Å². The third-order valence-electron chi connectivity index (χ3n) is 5.26. The van der Waals surface area contributed by atoms with Gasteiger partial charge in [-0.3, -0.25) is 9.79 Å². The monoisotopic (exact) mass is 394 g/mol. The Bertz CT molecular complexity index is 489. The molecule has 28 heavy (non-hydrogen) atoms. The first-order chi connectivity index (χ1) is 13.4. The minimum absolute atomic E-state index is 0.0862. The van der Waals surface area contributed by atoms with E-state index in [4.69, 9.17) is 9.73 Å². The van der Waals surface area contributed by atoms with Crippen LogP contribution in [0.5, 0.6) is 0 Å². The lowest BCUT2D eigenvalue weighted by atomic mass is 10.1. The van der Waals surface area contributed by atoms with E-state index < -0.39 is 0 Å². The number of hydrogen-bond acceptors (Lipinski definition) is 4. The molecule has 0 atom stereocenters.